The molecular weight excluding hydrogens is 238 g/mol. The zero-order valence-corrected chi connectivity index (χ0v) is 10.2. The summed E-state index contributed by atoms with van der Waals surface area (Å²) in [6, 6.07) is 19.8. The van der Waals surface area contributed by atoms with Gasteiger partial charge in [-0.3, -0.25) is 0 Å². The van der Waals surface area contributed by atoms with Gasteiger partial charge < -0.3 is 15.5 Å². The van der Waals surface area contributed by atoms with Crippen LogP contribution in [0.5, 0.6) is 0 Å². The number of nitrogens with zero attached hydrogens (tertiary/aromatic N) is 1. The van der Waals surface area contributed by atoms with Gasteiger partial charge in [0.15, 0.2) is 0 Å². The molecule has 0 bridgehead atoms. The minimum atomic E-state index is 0.310. The van der Waals surface area contributed by atoms with Gasteiger partial charge in [0.2, 0.25) is 5.88 Å². The highest BCUT2D eigenvalue weighted by atomic mass is 16.4. The Labute approximate surface area is 110 Å². The van der Waals surface area contributed by atoms with Crippen molar-refractivity contribution in [2.24, 2.45) is 0 Å². The third-order valence-corrected chi connectivity index (χ3v) is 2.73. The first-order valence-electron chi connectivity index (χ1n) is 5.97. The number of rotatable bonds is 3. The minimum Gasteiger partial charge on any atom is -0.407 e. The number of para-hydroxylation sites is 1. The molecule has 3 N–H and O–H groups in total. The predicted octanol–water partition coefficient (Wildman–Crippen LogP) is 3.67. The van der Waals surface area contributed by atoms with Crippen molar-refractivity contribution in [3.63, 3.8) is 0 Å². The Morgan fingerprint density at radius 3 is 2.21 bits per heavy atom. The second-order valence-corrected chi connectivity index (χ2v) is 4.09. The number of benzene rings is 2. The van der Waals surface area contributed by atoms with E-state index in [2.05, 4.69) is 10.3 Å². The number of nitrogens with one attached hydrogen (secondary N) is 1. The van der Waals surface area contributed by atoms with Gasteiger partial charge in [0.1, 0.15) is 5.69 Å². The summed E-state index contributed by atoms with van der Waals surface area (Å²) in [5.74, 6) is 0.310. The summed E-state index contributed by atoms with van der Waals surface area (Å²) in [4.78, 5) is 4.37. The van der Waals surface area contributed by atoms with Crippen LogP contribution in [0, 0.1) is 0 Å². The van der Waals surface area contributed by atoms with E-state index < -0.39 is 0 Å². The molecule has 0 aliphatic heterocycles. The molecule has 2 aromatic carbocycles. The minimum absolute atomic E-state index is 0.310. The first kappa shape index (κ1) is 11.3. The lowest BCUT2D eigenvalue weighted by atomic mass is 10.2. The summed E-state index contributed by atoms with van der Waals surface area (Å²) in [7, 11) is 0. The van der Waals surface area contributed by atoms with Crippen molar-refractivity contribution in [1.29, 1.82) is 0 Å². The molecule has 0 spiro atoms. The molecule has 94 valence electrons. The summed E-state index contributed by atoms with van der Waals surface area (Å²) in [6.07, 6.45) is 0. The van der Waals surface area contributed by atoms with Gasteiger partial charge in [-0.05, 0) is 12.1 Å². The van der Waals surface area contributed by atoms with Crippen LogP contribution in [0.4, 0.5) is 17.6 Å². The zero-order chi connectivity index (χ0) is 13.1. The second-order valence-electron chi connectivity index (χ2n) is 4.09. The van der Waals surface area contributed by atoms with Crippen molar-refractivity contribution in [3.05, 3.63) is 60.7 Å². The molecule has 0 saturated carbocycles. The van der Waals surface area contributed by atoms with Crippen molar-refractivity contribution >= 4 is 17.6 Å². The quantitative estimate of drug-likeness (QED) is 0.745. The number of nitrogen functional groups attached to an aromatic ring is 1. The molecule has 3 rings (SSSR count). The Bertz CT molecular complexity index is 662. The summed E-state index contributed by atoms with van der Waals surface area (Å²) in [6.45, 7) is 0. The first-order valence-corrected chi connectivity index (χ1v) is 5.97. The van der Waals surface area contributed by atoms with Crippen LogP contribution in [0.1, 0.15) is 0 Å². The predicted molar refractivity (Wildman–Crippen MR) is 76.1 cm³/mol. The lowest BCUT2D eigenvalue weighted by molar-refractivity contribution is 0.597. The van der Waals surface area contributed by atoms with E-state index in [-0.39, 0.29) is 0 Å². The molecule has 0 radical (unpaired) electrons. The molecule has 0 amide bonds. The van der Waals surface area contributed by atoms with Crippen molar-refractivity contribution in [1.82, 2.24) is 4.98 Å². The zero-order valence-electron chi connectivity index (χ0n) is 10.2. The molecule has 0 aliphatic rings. The van der Waals surface area contributed by atoms with Crippen LogP contribution in [0.3, 0.4) is 0 Å². The summed E-state index contributed by atoms with van der Waals surface area (Å²) < 4.78 is 5.43. The monoisotopic (exact) mass is 251 g/mol. The van der Waals surface area contributed by atoms with Gasteiger partial charge in [-0.2, -0.15) is 4.98 Å². The van der Waals surface area contributed by atoms with Crippen LogP contribution in [-0.2, 0) is 0 Å². The maximum absolute atomic E-state index is 5.86. The van der Waals surface area contributed by atoms with Crippen molar-refractivity contribution < 1.29 is 4.42 Å². The Balaban J connectivity index is 1.90. The van der Waals surface area contributed by atoms with E-state index in [9.17, 15) is 0 Å². The van der Waals surface area contributed by atoms with E-state index in [1.165, 1.54) is 0 Å². The standard InChI is InChI=1S/C15H13N3O/c16-14-13(11-7-3-1-4-8-11)18-15(19-14)17-12-9-5-2-6-10-12/h1-10H,16H2,(H,17,18). The number of aromatic nitrogens is 1. The van der Waals surface area contributed by atoms with E-state index in [1.807, 2.05) is 60.7 Å². The maximum atomic E-state index is 5.86. The normalized spacial score (nSPS) is 10.3. The van der Waals surface area contributed by atoms with Crippen LogP contribution < -0.4 is 11.1 Å². The molecule has 0 saturated heterocycles. The van der Waals surface area contributed by atoms with Gasteiger partial charge in [-0.1, -0.05) is 48.5 Å². The van der Waals surface area contributed by atoms with Crippen LogP contribution in [0.2, 0.25) is 0 Å². The molecule has 0 unspecified atom stereocenters. The van der Waals surface area contributed by atoms with Gasteiger partial charge >= 0.3 is 6.01 Å². The Morgan fingerprint density at radius 1 is 0.895 bits per heavy atom. The molecule has 1 aromatic heterocycles. The van der Waals surface area contributed by atoms with Crippen molar-refractivity contribution in [2.75, 3.05) is 11.1 Å². The Kier molecular flexibility index (Phi) is 2.90. The molecule has 3 aromatic rings. The lowest BCUT2D eigenvalue weighted by Crippen LogP contribution is -1.89. The largest absolute Gasteiger partial charge is 0.407 e. The number of oxazole rings is 1. The van der Waals surface area contributed by atoms with E-state index in [0.29, 0.717) is 17.6 Å². The fourth-order valence-corrected chi connectivity index (χ4v) is 1.83. The van der Waals surface area contributed by atoms with E-state index in [4.69, 9.17) is 10.2 Å². The SMILES string of the molecule is Nc1oc(Nc2ccccc2)nc1-c1ccccc1. The highest BCUT2D eigenvalue weighted by molar-refractivity contribution is 5.71. The van der Waals surface area contributed by atoms with E-state index in [1.54, 1.807) is 0 Å². The molecule has 0 aliphatic carbocycles. The Hall–Kier alpha value is -2.75. The Morgan fingerprint density at radius 2 is 1.53 bits per heavy atom. The average Bonchev–Trinajstić information content (AvgIpc) is 2.82. The van der Waals surface area contributed by atoms with Gasteiger partial charge in [-0.15, -0.1) is 0 Å². The number of hydrogen-bond donors (Lipinski definition) is 2. The van der Waals surface area contributed by atoms with Gasteiger partial charge in [-0.25, -0.2) is 0 Å². The molecule has 19 heavy (non-hydrogen) atoms. The van der Waals surface area contributed by atoms with E-state index >= 15 is 0 Å². The van der Waals surface area contributed by atoms with Crippen LogP contribution in [0.25, 0.3) is 11.3 Å². The average molecular weight is 251 g/mol. The van der Waals surface area contributed by atoms with Gasteiger partial charge in [0.05, 0.1) is 0 Å². The van der Waals surface area contributed by atoms with Crippen LogP contribution in [0.15, 0.2) is 65.1 Å². The van der Waals surface area contributed by atoms with Crippen LogP contribution >= 0.6 is 0 Å². The van der Waals surface area contributed by atoms with Crippen LogP contribution in [-0.4, -0.2) is 4.98 Å². The van der Waals surface area contributed by atoms with Gasteiger partial charge in [0.25, 0.3) is 0 Å². The number of hydrogen-bond acceptors (Lipinski definition) is 4. The summed E-state index contributed by atoms with van der Waals surface area (Å²) in [5.41, 5.74) is 8.35. The highest BCUT2D eigenvalue weighted by Crippen LogP contribution is 2.29. The topological polar surface area (TPSA) is 64.1 Å². The summed E-state index contributed by atoms with van der Waals surface area (Å²) in [5, 5.41) is 3.08. The summed E-state index contributed by atoms with van der Waals surface area (Å²) >= 11 is 0. The van der Waals surface area contributed by atoms with Crippen molar-refractivity contribution in [3.8, 4) is 11.3 Å². The van der Waals surface area contributed by atoms with E-state index in [0.717, 1.165) is 11.3 Å². The molecule has 4 nitrogen and oxygen atoms in total. The second kappa shape index (κ2) is 4.86. The lowest BCUT2D eigenvalue weighted by Gasteiger charge is -1.99. The highest BCUT2D eigenvalue weighted by Gasteiger charge is 2.12. The molecular formula is C15H13N3O. The number of nitrogens with two attached hydrogens (primary N) is 1. The molecule has 0 fully saturated rings. The molecule has 1 heterocycles. The maximum Gasteiger partial charge on any atom is 0.301 e. The molecule has 0 atom stereocenters. The third kappa shape index (κ3) is 2.42. The molecule has 4 heteroatoms. The fourth-order valence-electron chi connectivity index (χ4n) is 1.83. The van der Waals surface area contributed by atoms with Gasteiger partial charge in [0, 0.05) is 11.3 Å². The number of anilines is 3. The third-order valence-electron chi connectivity index (χ3n) is 2.73. The smallest absolute Gasteiger partial charge is 0.301 e. The first-order chi connectivity index (χ1) is 9.33. The van der Waals surface area contributed by atoms with Crippen molar-refractivity contribution in [2.45, 2.75) is 0 Å². The fraction of sp³-hybridized carbons (Fsp3) is 0.